The number of benzene rings is 2. The van der Waals surface area contributed by atoms with Crippen LogP contribution in [-0.2, 0) is 16.6 Å². The molecule has 3 heterocycles. The van der Waals surface area contributed by atoms with E-state index in [1.165, 1.54) is 25.3 Å². The number of nitrogens with zero attached hydrogens (tertiary/aromatic N) is 3. The van der Waals surface area contributed by atoms with Crippen molar-refractivity contribution in [3.63, 3.8) is 0 Å². The van der Waals surface area contributed by atoms with E-state index in [0.717, 1.165) is 27.8 Å². The minimum Gasteiger partial charge on any atom is -0.480 e. The fraction of sp³-hybridized carbons (Fsp3) is 0.103. The largest absolute Gasteiger partial charge is 0.480 e. The van der Waals surface area contributed by atoms with E-state index in [-0.39, 0.29) is 28.6 Å². The summed E-state index contributed by atoms with van der Waals surface area (Å²) in [5.41, 5.74) is 5.76. The number of amides is 1. The second kappa shape index (κ2) is 10.5. The van der Waals surface area contributed by atoms with E-state index in [0.29, 0.717) is 11.3 Å². The van der Waals surface area contributed by atoms with Crippen LogP contribution in [0.25, 0.3) is 16.7 Å². The van der Waals surface area contributed by atoms with Gasteiger partial charge in [-0.05, 0) is 72.8 Å². The van der Waals surface area contributed by atoms with E-state index in [4.69, 9.17) is 4.74 Å². The summed E-state index contributed by atoms with van der Waals surface area (Å²) in [7, 11) is -2.67. The molecule has 1 aliphatic heterocycles. The smallest absolute Gasteiger partial charge is 0.262 e. The number of anilines is 1. The number of aliphatic imine (C=N–C) groups is 1. The molecule has 2 N–H and O–H groups in total. The predicted molar refractivity (Wildman–Crippen MR) is 151 cm³/mol. The third-order valence-electron chi connectivity index (χ3n) is 6.33. The highest BCUT2D eigenvalue weighted by molar-refractivity contribution is 7.92. The van der Waals surface area contributed by atoms with Crippen molar-refractivity contribution in [2.45, 2.75) is 18.4 Å². The highest BCUT2D eigenvalue weighted by atomic mass is 32.2. The van der Waals surface area contributed by atoms with Gasteiger partial charge in [0.2, 0.25) is 5.88 Å². The zero-order valence-corrected chi connectivity index (χ0v) is 22.1. The molecule has 1 amide bonds. The molecule has 0 aliphatic carbocycles. The summed E-state index contributed by atoms with van der Waals surface area (Å²) in [6.07, 6.45) is 7.00. The first kappa shape index (κ1) is 25.8. The molecule has 2 aromatic heterocycles. The number of carbonyl (C=O) groups is 1. The number of sulfonamides is 1. The van der Waals surface area contributed by atoms with Gasteiger partial charge in [-0.15, -0.1) is 0 Å². The van der Waals surface area contributed by atoms with E-state index < -0.39 is 15.9 Å². The summed E-state index contributed by atoms with van der Waals surface area (Å²) < 4.78 is 34.6. The van der Waals surface area contributed by atoms with Gasteiger partial charge in [0, 0.05) is 47.4 Å². The number of ether oxygens (including phenoxy) is 1. The first-order valence-electron chi connectivity index (χ1n) is 12.0. The van der Waals surface area contributed by atoms with Crippen molar-refractivity contribution in [3.05, 3.63) is 102 Å². The Labute approximate surface area is 226 Å². The number of carbonyl (C=O) groups excluding carboxylic acids is 1. The van der Waals surface area contributed by atoms with Gasteiger partial charge in [-0.1, -0.05) is 18.2 Å². The van der Waals surface area contributed by atoms with Crippen molar-refractivity contribution >= 4 is 39.6 Å². The molecule has 5 rings (SSSR count). The first-order valence-corrected chi connectivity index (χ1v) is 13.5. The van der Waals surface area contributed by atoms with Crippen LogP contribution in [0.3, 0.4) is 0 Å². The second-order valence-electron chi connectivity index (χ2n) is 8.77. The number of methoxy groups -OCH3 is 1. The van der Waals surface area contributed by atoms with Crippen LogP contribution < -0.4 is 14.8 Å². The van der Waals surface area contributed by atoms with Gasteiger partial charge in [0.25, 0.3) is 15.9 Å². The molecule has 10 heteroatoms. The lowest BCUT2D eigenvalue weighted by Gasteiger charge is -2.16. The van der Waals surface area contributed by atoms with Crippen molar-refractivity contribution in [2.75, 3.05) is 11.8 Å². The van der Waals surface area contributed by atoms with Crippen LogP contribution in [-0.4, -0.2) is 38.1 Å². The van der Waals surface area contributed by atoms with Gasteiger partial charge in [-0.2, -0.15) is 0 Å². The van der Waals surface area contributed by atoms with E-state index >= 15 is 0 Å². The average molecular weight is 540 g/mol. The topological polar surface area (TPSA) is 123 Å². The molecule has 0 saturated carbocycles. The first-order chi connectivity index (χ1) is 18.8. The van der Waals surface area contributed by atoms with E-state index in [2.05, 4.69) is 31.7 Å². The summed E-state index contributed by atoms with van der Waals surface area (Å²) in [6, 6.07) is 15.1. The number of nitrogens with one attached hydrogen (secondary N) is 2. The molecule has 1 aliphatic rings. The Morgan fingerprint density at radius 1 is 1.00 bits per heavy atom. The lowest BCUT2D eigenvalue weighted by molar-refractivity contribution is 0.0950. The normalized spacial score (nSPS) is 15.3. The fourth-order valence-electron chi connectivity index (χ4n) is 4.42. The van der Waals surface area contributed by atoms with Gasteiger partial charge < -0.3 is 10.1 Å². The Bertz CT molecular complexity index is 1750. The zero-order chi connectivity index (χ0) is 27.6. The van der Waals surface area contributed by atoms with Crippen molar-refractivity contribution in [1.29, 1.82) is 0 Å². The van der Waals surface area contributed by atoms with E-state index in [1.54, 1.807) is 30.7 Å². The summed E-state index contributed by atoms with van der Waals surface area (Å²) in [5.74, 6) is -0.316. The maximum absolute atomic E-state index is 13.3. The van der Waals surface area contributed by atoms with Crippen molar-refractivity contribution in [1.82, 2.24) is 15.3 Å². The van der Waals surface area contributed by atoms with Gasteiger partial charge in [0.15, 0.2) is 0 Å². The van der Waals surface area contributed by atoms with E-state index in [9.17, 15) is 13.2 Å². The molecular weight excluding hydrogens is 514 g/mol. The monoisotopic (exact) mass is 539 g/mol. The Balaban J connectivity index is 1.75. The SMILES string of the molecule is C=Nc1ccc2cc1/C(=C\C)c1cncc(c1)CNC(=O)c1cccc(c1)S(=O)(=O)Nc1cc-2cnc1OC. The summed E-state index contributed by atoms with van der Waals surface area (Å²) >= 11 is 0. The molecule has 0 atom stereocenters. The highest BCUT2D eigenvalue weighted by Crippen LogP contribution is 2.37. The molecule has 0 unspecified atom stereocenters. The van der Waals surface area contributed by atoms with Crippen LogP contribution in [0.1, 0.15) is 34.0 Å². The van der Waals surface area contributed by atoms with Gasteiger partial charge in [-0.25, -0.2) is 13.4 Å². The van der Waals surface area contributed by atoms with Gasteiger partial charge >= 0.3 is 0 Å². The molecule has 0 radical (unpaired) electrons. The number of pyridine rings is 2. The number of hydrogen-bond donors (Lipinski definition) is 2. The van der Waals surface area contributed by atoms with Crippen molar-refractivity contribution < 1.29 is 17.9 Å². The molecule has 196 valence electrons. The molecule has 0 saturated heterocycles. The Hall–Kier alpha value is -4.83. The van der Waals surface area contributed by atoms with Gasteiger partial charge in [0.05, 0.1) is 17.7 Å². The summed E-state index contributed by atoms with van der Waals surface area (Å²) in [4.78, 5) is 25.8. The van der Waals surface area contributed by atoms with E-state index in [1.807, 2.05) is 37.3 Å². The third-order valence-corrected chi connectivity index (χ3v) is 7.70. The molecule has 39 heavy (non-hydrogen) atoms. The third kappa shape index (κ3) is 5.14. The zero-order valence-electron chi connectivity index (χ0n) is 21.3. The molecular formula is C29H25N5O4S. The maximum Gasteiger partial charge on any atom is 0.262 e. The van der Waals surface area contributed by atoms with Crippen LogP contribution in [0.2, 0.25) is 0 Å². The van der Waals surface area contributed by atoms with Gasteiger partial charge in [-0.3, -0.25) is 19.5 Å². The Morgan fingerprint density at radius 3 is 2.62 bits per heavy atom. The summed E-state index contributed by atoms with van der Waals surface area (Å²) in [5, 5.41) is 2.84. The number of fused-ring (bicyclic) bond motifs is 9. The van der Waals surface area contributed by atoms with Crippen LogP contribution in [0.5, 0.6) is 5.88 Å². The minimum absolute atomic E-state index is 0.0752. The van der Waals surface area contributed by atoms with Crippen molar-refractivity contribution in [3.8, 4) is 17.0 Å². The van der Waals surface area contributed by atoms with Gasteiger partial charge in [0.1, 0.15) is 5.69 Å². The predicted octanol–water partition coefficient (Wildman–Crippen LogP) is 4.98. The number of aromatic nitrogens is 2. The maximum atomic E-state index is 13.3. The molecule has 0 fully saturated rings. The number of allylic oxidation sites excluding steroid dienone is 1. The molecule has 8 bridgehead atoms. The van der Waals surface area contributed by atoms with Crippen molar-refractivity contribution in [2.24, 2.45) is 4.99 Å². The Kier molecular flexibility index (Phi) is 6.95. The second-order valence-corrected chi connectivity index (χ2v) is 10.5. The lowest BCUT2D eigenvalue weighted by atomic mass is 9.93. The lowest BCUT2D eigenvalue weighted by Crippen LogP contribution is -2.23. The molecule has 0 spiro atoms. The quantitative estimate of drug-likeness (QED) is 0.347. The van der Waals surface area contributed by atoms with Crippen LogP contribution in [0, 0.1) is 0 Å². The standard InChI is InChI=1S/C29H25N5O4S/c1-4-24-22-10-18(14-31-16-22)15-32-28(35)20-6-5-7-23(11-20)39(36,37)34-27-13-21(17-33-29(27)38-3)19-8-9-26(30-2)25(24)12-19/h4-14,16-17,34H,2,15H2,1,3H3,(H,32,35)/b24-4-. The van der Waals surface area contributed by atoms with Crippen LogP contribution in [0.4, 0.5) is 11.4 Å². The fourth-order valence-corrected chi connectivity index (χ4v) is 5.51. The molecule has 4 aromatic rings. The van der Waals surface area contributed by atoms with Crippen LogP contribution in [0.15, 0.2) is 89.2 Å². The Morgan fingerprint density at radius 2 is 1.85 bits per heavy atom. The molecule has 9 nitrogen and oxygen atoms in total. The minimum atomic E-state index is -4.08. The van der Waals surface area contributed by atoms with Crippen LogP contribution >= 0.6 is 0 Å². The highest BCUT2D eigenvalue weighted by Gasteiger charge is 2.21. The molecule has 2 aromatic carbocycles. The number of rotatable bonds is 2. The summed E-state index contributed by atoms with van der Waals surface area (Å²) in [6.45, 7) is 5.85. The number of hydrogen-bond acceptors (Lipinski definition) is 7. The average Bonchev–Trinajstić information content (AvgIpc) is 2.96.